The first-order chi connectivity index (χ1) is 12.7. The number of nitrogens with zero attached hydrogens (tertiary/aromatic N) is 3. The van der Waals surface area contributed by atoms with Crippen LogP contribution in [0.15, 0.2) is 30.3 Å². The second-order valence-electron chi connectivity index (χ2n) is 7.41. The van der Waals surface area contributed by atoms with Crippen molar-refractivity contribution in [1.82, 2.24) is 9.80 Å². The highest BCUT2D eigenvalue weighted by Crippen LogP contribution is 2.22. The van der Waals surface area contributed by atoms with Crippen LogP contribution in [0.4, 0.5) is 5.69 Å². The maximum Gasteiger partial charge on any atom is 0.225 e. The molecule has 1 aromatic rings. The monoisotopic (exact) mass is 357 g/mol. The van der Waals surface area contributed by atoms with Gasteiger partial charge in [-0.1, -0.05) is 31.5 Å². The number of amides is 2. The van der Waals surface area contributed by atoms with Gasteiger partial charge in [-0.15, -0.1) is 0 Å². The van der Waals surface area contributed by atoms with Crippen LogP contribution in [0.3, 0.4) is 0 Å². The molecule has 0 atom stereocenters. The fourth-order valence-corrected chi connectivity index (χ4v) is 3.94. The summed E-state index contributed by atoms with van der Waals surface area (Å²) in [7, 11) is 0. The van der Waals surface area contributed by atoms with Crippen molar-refractivity contribution in [3.8, 4) is 0 Å². The summed E-state index contributed by atoms with van der Waals surface area (Å²) in [4.78, 5) is 31.3. The maximum atomic E-state index is 12.8. The fourth-order valence-electron chi connectivity index (χ4n) is 3.94. The van der Waals surface area contributed by atoms with Crippen molar-refractivity contribution in [2.45, 2.75) is 39.0 Å². The lowest BCUT2D eigenvalue weighted by Gasteiger charge is -2.39. The minimum Gasteiger partial charge on any atom is -0.368 e. The number of hydrogen-bond acceptors (Lipinski definition) is 3. The van der Waals surface area contributed by atoms with Gasteiger partial charge in [0.25, 0.3) is 0 Å². The van der Waals surface area contributed by atoms with Crippen LogP contribution in [0.1, 0.15) is 39.0 Å². The number of carbonyl (C=O) groups is 2. The summed E-state index contributed by atoms with van der Waals surface area (Å²) in [6.45, 7) is 6.96. The van der Waals surface area contributed by atoms with Crippen molar-refractivity contribution < 1.29 is 9.59 Å². The van der Waals surface area contributed by atoms with Crippen molar-refractivity contribution in [2.24, 2.45) is 5.92 Å². The SMILES string of the molecule is CCCCC(=O)N1CCC(C(=O)N2CCN(c3ccccc3)CC2)CC1. The summed E-state index contributed by atoms with van der Waals surface area (Å²) in [5, 5.41) is 0. The fraction of sp³-hybridized carbons (Fsp3) is 0.619. The molecule has 2 aliphatic heterocycles. The first kappa shape index (κ1) is 18.7. The topological polar surface area (TPSA) is 43.9 Å². The van der Waals surface area contributed by atoms with Crippen LogP contribution in [-0.2, 0) is 9.59 Å². The molecule has 0 aliphatic carbocycles. The molecule has 2 fully saturated rings. The van der Waals surface area contributed by atoms with Gasteiger partial charge in [0.05, 0.1) is 0 Å². The van der Waals surface area contributed by atoms with Crippen molar-refractivity contribution in [3.63, 3.8) is 0 Å². The Kier molecular flexibility index (Phi) is 6.53. The lowest BCUT2D eigenvalue weighted by atomic mass is 9.94. The number of rotatable bonds is 5. The van der Waals surface area contributed by atoms with Gasteiger partial charge < -0.3 is 14.7 Å². The molecule has 0 aromatic heterocycles. The van der Waals surface area contributed by atoms with E-state index < -0.39 is 0 Å². The van der Waals surface area contributed by atoms with Crippen molar-refractivity contribution in [1.29, 1.82) is 0 Å². The maximum absolute atomic E-state index is 12.8. The molecule has 2 heterocycles. The van der Waals surface area contributed by atoms with E-state index >= 15 is 0 Å². The van der Waals surface area contributed by atoms with Crippen LogP contribution >= 0.6 is 0 Å². The zero-order chi connectivity index (χ0) is 18.4. The Balaban J connectivity index is 1.44. The van der Waals surface area contributed by atoms with Crippen molar-refractivity contribution in [3.05, 3.63) is 30.3 Å². The highest BCUT2D eigenvalue weighted by Gasteiger charge is 2.31. The van der Waals surface area contributed by atoms with Crippen molar-refractivity contribution in [2.75, 3.05) is 44.2 Å². The van der Waals surface area contributed by atoms with E-state index in [1.165, 1.54) is 5.69 Å². The molecule has 5 heteroatoms. The predicted molar refractivity (Wildman–Crippen MR) is 104 cm³/mol. The second-order valence-corrected chi connectivity index (χ2v) is 7.41. The number of benzene rings is 1. The van der Waals surface area contributed by atoms with Crippen LogP contribution in [0.5, 0.6) is 0 Å². The van der Waals surface area contributed by atoms with Gasteiger partial charge in [-0.3, -0.25) is 9.59 Å². The molecule has 0 N–H and O–H groups in total. The third-order valence-electron chi connectivity index (χ3n) is 5.65. The Hall–Kier alpha value is -2.04. The molecule has 0 spiro atoms. The van der Waals surface area contributed by atoms with E-state index in [-0.39, 0.29) is 11.8 Å². The molecule has 2 saturated heterocycles. The van der Waals surface area contributed by atoms with Gasteiger partial charge in [0, 0.05) is 57.3 Å². The van der Waals surface area contributed by atoms with E-state index in [0.717, 1.165) is 65.0 Å². The number of carbonyl (C=O) groups excluding carboxylic acids is 2. The van der Waals surface area contributed by atoms with E-state index in [2.05, 4.69) is 36.1 Å². The Bertz CT molecular complexity index is 589. The first-order valence-corrected chi connectivity index (χ1v) is 10.1. The quantitative estimate of drug-likeness (QED) is 0.814. The van der Waals surface area contributed by atoms with Crippen LogP contribution in [-0.4, -0.2) is 60.9 Å². The standard InChI is InChI=1S/C21H31N3O2/c1-2-3-9-20(25)23-12-10-18(11-13-23)21(26)24-16-14-22(15-17-24)19-7-5-4-6-8-19/h4-8,18H,2-3,9-17H2,1H3. The Morgan fingerprint density at radius 1 is 0.923 bits per heavy atom. The molecule has 3 rings (SSSR count). The molecule has 2 amide bonds. The third-order valence-corrected chi connectivity index (χ3v) is 5.65. The smallest absolute Gasteiger partial charge is 0.225 e. The zero-order valence-corrected chi connectivity index (χ0v) is 15.9. The van der Waals surface area contributed by atoms with E-state index in [9.17, 15) is 9.59 Å². The number of hydrogen-bond donors (Lipinski definition) is 0. The molecule has 1 aromatic carbocycles. The Labute approximate surface area is 156 Å². The lowest BCUT2D eigenvalue weighted by Crippen LogP contribution is -2.52. The van der Waals surface area contributed by atoms with Gasteiger partial charge in [0.2, 0.25) is 11.8 Å². The molecular weight excluding hydrogens is 326 g/mol. The van der Waals surface area contributed by atoms with Crippen LogP contribution in [0.25, 0.3) is 0 Å². The highest BCUT2D eigenvalue weighted by molar-refractivity contribution is 5.80. The summed E-state index contributed by atoms with van der Waals surface area (Å²) in [5.74, 6) is 0.640. The molecule has 5 nitrogen and oxygen atoms in total. The average Bonchev–Trinajstić information content (AvgIpc) is 2.72. The summed E-state index contributed by atoms with van der Waals surface area (Å²) in [6.07, 6.45) is 4.29. The number of piperidine rings is 1. The van der Waals surface area contributed by atoms with Gasteiger partial charge in [-0.25, -0.2) is 0 Å². The number of para-hydroxylation sites is 1. The Morgan fingerprint density at radius 3 is 2.19 bits per heavy atom. The third kappa shape index (κ3) is 4.57. The van der Waals surface area contributed by atoms with Crippen LogP contribution < -0.4 is 4.90 Å². The highest BCUT2D eigenvalue weighted by atomic mass is 16.2. The van der Waals surface area contributed by atoms with Gasteiger partial charge in [-0.05, 0) is 31.4 Å². The van der Waals surface area contributed by atoms with Gasteiger partial charge in [-0.2, -0.15) is 0 Å². The molecule has 26 heavy (non-hydrogen) atoms. The number of unbranched alkanes of at least 4 members (excludes halogenated alkanes) is 1. The molecule has 142 valence electrons. The predicted octanol–water partition coefficient (Wildman–Crippen LogP) is 2.76. The minimum atomic E-state index is 0.0912. The van der Waals surface area contributed by atoms with Crippen LogP contribution in [0, 0.1) is 5.92 Å². The van der Waals surface area contributed by atoms with Gasteiger partial charge >= 0.3 is 0 Å². The van der Waals surface area contributed by atoms with E-state index in [1.807, 2.05) is 15.9 Å². The van der Waals surface area contributed by atoms with Crippen molar-refractivity contribution >= 4 is 17.5 Å². The number of anilines is 1. The first-order valence-electron chi connectivity index (χ1n) is 10.1. The molecule has 2 aliphatic rings. The Morgan fingerprint density at radius 2 is 1.58 bits per heavy atom. The minimum absolute atomic E-state index is 0.0912. The molecule has 0 unspecified atom stereocenters. The largest absolute Gasteiger partial charge is 0.368 e. The summed E-state index contributed by atoms with van der Waals surface area (Å²) in [5.41, 5.74) is 1.23. The number of piperazine rings is 1. The van der Waals surface area contributed by atoms with Crippen LogP contribution in [0.2, 0.25) is 0 Å². The number of likely N-dealkylation sites (tertiary alicyclic amines) is 1. The summed E-state index contributed by atoms with van der Waals surface area (Å²) < 4.78 is 0. The normalized spacial score (nSPS) is 18.9. The lowest BCUT2D eigenvalue weighted by molar-refractivity contribution is -0.141. The molecule has 0 bridgehead atoms. The molecule has 0 saturated carbocycles. The van der Waals surface area contributed by atoms with Gasteiger partial charge in [0.1, 0.15) is 0 Å². The summed E-state index contributed by atoms with van der Waals surface area (Å²) >= 11 is 0. The average molecular weight is 357 g/mol. The summed E-state index contributed by atoms with van der Waals surface area (Å²) in [6, 6.07) is 10.4. The zero-order valence-electron chi connectivity index (χ0n) is 15.9. The van der Waals surface area contributed by atoms with Gasteiger partial charge in [0.15, 0.2) is 0 Å². The second kappa shape index (κ2) is 9.06. The van der Waals surface area contributed by atoms with E-state index in [4.69, 9.17) is 0 Å². The van der Waals surface area contributed by atoms with E-state index in [1.54, 1.807) is 0 Å². The molecular formula is C21H31N3O2. The molecule has 0 radical (unpaired) electrons. The van der Waals surface area contributed by atoms with E-state index in [0.29, 0.717) is 12.3 Å².